The highest BCUT2D eigenvalue weighted by Crippen LogP contribution is 2.46. The van der Waals surface area contributed by atoms with Crippen LogP contribution in [-0.4, -0.2) is 49.3 Å². The second-order valence-corrected chi connectivity index (χ2v) is 11.6. The molecule has 0 aliphatic carbocycles. The van der Waals surface area contributed by atoms with Crippen LogP contribution in [0.2, 0.25) is 0 Å². The summed E-state index contributed by atoms with van der Waals surface area (Å²) < 4.78 is 18.4. The highest BCUT2D eigenvalue weighted by molar-refractivity contribution is 9.10. The Morgan fingerprint density at radius 1 is 1.06 bits per heavy atom. The third kappa shape index (κ3) is 8.11. The summed E-state index contributed by atoms with van der Waals surface area (Å²) in [4.78, 5) is 22.6. The van der Waals surface area contributed by atoms with Gasteiger partial charge in [-0.05, 0) is 65.5 Å². The van der Waals surface area contributed by atoms with E-state index in [9.17, 15) is 10.3 Å². The van der Waals surface area contributed by atoms with Crippen molar-refractivity contribution in [1.29, 1.82) is 0 Å². The molecule has 12 heteroatoms. The number of azide groups is 1. The number of hydrogen-bond donors (Lipinski definition) is 3. The molecule has 0 radical (unpaired) electrons. The van der Waals surface area contributed by atoms with Gasteiger partial charge >= 0.3 is 0 Å². The van der Waals surface area contributed by atoms with Gasteiger partial charge in [0.2, 0.25) is 5.90 Å². The molecular formula is C35H35BrN6O5. The van der Waals surface area contributed by atoms with Crippen molar-refractivity contribution in [3.63, 3.8) is 0 Å². The summed E-state index contributed by atoms with van der Waals surface area (Å²) in [6.45, 7) is 0.865. The quantitative estimate of drug-likeness (QED) is 0.0423. The average Bonchev–Trinajstić information content (AvgIpc) is 3.48. The average molecular weight is 700 g/mol. The molecule has 2 atom stereocenters. The van der Waals surface area contributed by atoms with Gasteiger partial charge < -0.3 is 19.3 Å². The minimum absolute atomic E-state index is 0.0406. The Labute approximate surface area is 281 Å². The number of nitrogens with zero attached hydrogens (tertiary/aromatic N) is 4. The van der Waals surface area contributed by atoms with Gasteiger partial charge in [0.1, 0.15) is 11.5 Å². The van der Waals surface area contributed by atoms with Gasteiger partial charge in [-0.3, -0.25) is 10.2 Å². The van der Waals surface area contributed by atoms with Crippen LogP contribution in [0.15, 0.2) is 112 Å². The van der Waals surface area contributed by atoms with E-state index in [4.69, 9.17) is 24.3 Å². The molecule has 4 aromatic rings. The molecule has 0 aromatic heterocycles. The Morgan fingerprint density at radius 2 is 1.85 bits per heavy atom. The molecule has 11 nitrogen and oxygen atoms in total. The van der Waals surface area contributed by atoms with Gasteiger partial charge in [-0.2, -0.15) is 0 Å². The van der Waals surface area contributed by atoms with E-state index >= 15 is 0 Å². The Bertz CT molecular complexity index is 1760. The smallest absolute Gasteiger partial charge is 0.266 e. The molecule has 4 aromatic carbocycles. The first-order valence-corrected chi connectivity index (χ1v) is 15.9. The van der Waals surface area contributed by atoms with Gasteiger partial charge in [0.15, 0.2) is 11.6 Å². The lowest BCUT2D eigenvalue weighted by Crippen LogP contribution is -2.54. The molecule has 242 valence electrons. The number of methoxy groups -OCH3 is 1. The number of amides is 1. The van der Waals surface area contributed by atoms with Gasteiger partial charge in [0.25, 0.3) is 5.91 Å². The number of aliphatic hydroxyl groups excluding tert-OH is 1. The summed E-state index contributed by atoms with van der Waals surface area (Å²) in [5.41, 5.74) is 17.2. The first-order valence-electron chi connectivity index (χ1n) is 15.1. The van der Waals surface area contributed by atoms with Gasteiger partial charge in [0.05, 0.1) is 13.7 Å². The van der Waals surface area contributed by atoms with Crippen molar-refractivity contribution in [1.82, 2.24) is 10.9 Å². The predicted molar refractivity (Wildman–Crippen MR) is 183 cm³/mol. The van der Waals surface area contributed by atoms with Crippen LogP contribution in [-0.2, 0) is 22.4 Å². The summed E-state index contributed by atoms with van der Waals surface area (Å²) in [5, 5.41) is 13.0. The number of nitrogens with one attached hydrogen (secondary N) is 2. The number of aliphatic hydroxyl groups is 1. The van der Waals surface area contributed by atoms with Gasteiger partial charge in [0, 0.05) is 52.2 Å². The standard InChI is InChI=1S/C35H35BrN6O5/c1-45-28-10-6-8-24(22-28)18-19-38-41-34(44)35(23-26-9-2-4-12-30(26)36)32(29-11-3-5-13-31(29)40-42-37)47-33(39-35)25-14-16-27(17-15-25)46-21-7-20-43/h2-6,8-17,22,32,38,43H,7,18-21,23H2,1H3,(H,41,44)/t32-,35-/m0/s1. The summed E-state index contributed by atoms with van der Waals surface area (Å²) in [7, 11) is 1.62. The molecule has 3 N–H and O–H groups in total. The number of ether oxygens (including phenoxy) is 3. The number of halogens is 1. The van der Waals surface area contributed by atoms with Crippen LogP contribution in [0.5, 0.6) is 11.5 Å². The Morgan fingerprint density at radius 3 is 2.62 bits per heavy atom. The van der Waals surface area contributed by atoms with E-state index in [-0.39, 0.29) is 18.9 Å². The molecular weight excluding hydrogens is 664 g/mol. The molecule has 5 rings (SSSR count). The highest BCUT2D eigenvalue weighted by Gasteiger charge is 2.54. The molecule has 0 unspecified atom stereocenters. The molecule has 0 fully saturated rings. The number of carbonyl (C=O) groups is 1. The minimum atomic E-state index is -1.51. The third-order valence-corrected chi connectivity index (χ3v) is 8.47. The maximum atomic E-state index is 14.5. The fourth-order valence-electron chi connectivity index (χ4n) is 5.33. The van der Waals surface area contributed by atoms with Crippen molar-refractivity contribution >= 4 is 33.4 Å². The van der Waals surface area contributed by atoms with Crippen molar-refractivity contribution in [2.24, 2.45) is 10.1 Å². The van der Waals surface area contributed by atoms with E-state index < -0.39 is 17.6 Å². The predicted octanol–water partition coefficient (Wildman–Crippen LogP) is 6.52. The van der Waals surface area contributed by atoms with Gasteiger partial charge in [-0.15, -0.1) is 0 Å². The maximum absolute atomic E-state index is 14.5. The number of hydrogen-bond acceptors (Lipinski definition) is 8. The minimum Gasteiger partial charge on any atom is -0.497 e. The second-order valence-electron chi connectivity index (χ2n) is 10.8. The number of benzene rings is 4. The maximum Gasteiger partial charge on any atom is 0.266 e. The zero-order chi connectivity index (χ0) is 33.1. The molecule has 1 heterocycles. The Balaban J connectivity index is 1.52. The van der Waals surface area contributed by atoms with E-state index in [1.54, 1.807) is 43.5 Å². The molecule has 1 amide bonds. The Hall–Kier alpha value is -4.87. The zero-order valence-corrected chi connectivity index (χ0v) is 27.4. The van der Waals surface area contributed by atoms with Gasteiger partial charge in [-0.1, -0.05) is 75.6 Å². The van der Waals surface area contributed by atoms with Crippen LogP contribution in [0.1, 0.15) is 34.8 Å². The monoisotopic (exact) mass is 698 g/mol. The second kappa shape index (κ2) is 16.1. The lowest BCUT2D eigenvalue weighted by atomic mass is 9.81. The van der Waals surface area contributed by atoms with Crippen molar-refractivity contribution in [3.8, 4) is 11.5 Å². The lowest BCUT2D eigenvalue weighted by Gasteiger charge is -2.31. The summed E-state index contributed by atoms with van der Waals surface area (Å²) >= 11 is 3.64. The van der Waals surface area contributed by atoms with Crippen LogP contribution >= 0.6 is 15.9 Å². The highest BCUT2D eigenvalue weighted by atomic mass is 79.9. The van der Waals surface area contributed by atoms with Crippen LogP contribution in [0.25, 0.3) is 10.4 Å². The molecule has 47 heavy (non-hydrogen) atoms. The summed E-state index contributed by atoms with van der Waals surface area (Å²) in [6.07, 6.45) is 0.366. The van der Waals surface area contributed by atoms with Crippen molar-refractivity contribution < 1.29 is 24.1 Å². The molecule has 1 aliphatic rings. The number of carbonyl (C=O) groups excluding carboxylic acids is 1. The SMILES string of the molecule is COc1cccc(CCNNC(=O)[C@@]2(Cc3ccccc3Br)N=C(c3ccc(OCCCO)cc3)O[C@H]2c2ccccc2N=[N+]=[N-])c1. The topological polar surface area (TPSA) is 150 Å². The third-order valence-electron chi connectivity index (χ3n) is 7.69. The van der Waals surface area contributed by atoms with Gasteiger partial charge in [-0.25, -0.2) is 10.4 Å². The molecule has 0 spiro atoms. The number of aliphatic imine (C=N–C) groups is 1. The van der Waals surface area contributed by atoms with E-state index in [2.05, 4.69) is 36.8 Å². The molecule has 1 aliphatic heterocycles. The first-order chi connectivity index (χ1) is 23.0. The zero-order valence-electron chi connectivity index (χ0n) is 25.8. The van der Waals surface area contributed by atoms with Crippen LogP contribution < -0.4 is 20.3 Å². The van der Waals surface area contributed by atoms with Crippen LogP contribution in [0.4, 0.5) is 5.69 Å². The summed E-state index contributed by atoms with van der Waals surface area (Å²) in [6, 6.07) is 29.6. The van der Waals surface area contributed by atoms with Crippen molar-refractivity contribution in [2.75, 3.05) is 26.9 Å². The van der Waals surface area contributed by atoms with E-state index in [0.717, 1.165) is 21.3 Å². The normalized spacial score (nSPS) is 16.8. The number of rotatable bonds is 15. The molecule has 0 saturated heterocycles. The van der Waals surface area contributed by atoms with Crippen molar-refractivity contribution in [3.05, 3.63) is 134 Å². The van der Waals surface area contributed by atoms with Crippen molar-refractivity contribution in [2.45, 2.75) is 30.9 Å². The molecule has 0 saturated carbocycles. The largest absolute Gasteiger partial charge is 0.497 e. The summed E-state index contributed by atoms with van der Waals surface area (Å²) in [5.74, 6) is 1.23. The Kier molecular flexibility index (Phi) is 11.5. The van der Waals surface area contributed by atoms with Crippen LogP contribution in [0.3, 0.4) is 0 Å². The first kappa shape index (κ1) is 33.5. The molecule has 0 bridgehead atoms. The van der Waals surface area contributed by atoms with Crippen LogP contribution in [0, 0.1) is 0 Å². The van der Waals surface area contributed by atoms with E-state index in [1.165, 1.54) is 0 Å². The fourth-order valence-corrected chi connectivity index (χ4v) is 5.75. The fraction of sp³-hybridized carbons (Fsp3) is 0.257. The number of hydrazine groups is 1. The van der Waals surface area contributed by atoms with E-state index in [0.29, 0.717) is 48.6 Å². The lowest BCUT2D eigenvalue weighted by molar-refractivity contribution is -0.130. The van der Waals surface area contributed by atoms with E-state index in [1.807, 2.05) is 60.7 Å².